The second-order valence-corrected chi connectivity index (χ2v) is 6.74. The topological polar surface area (TPSA) is 42.7 Å². The van der Waals surface area contributed by atoms with Crippen LogP contribution in [0.5, 0.6) is 0 Å². The normalized spacial score (nSPS) is 11.7. The first-order chi connectivity index (χ1) is 12.7. The SMILES string of the molecule is COC(=O)CN(C)CC=C(c1ccc(-c2ccco2)cc1)c1ccsc1. The quantitative estimate of drug-likeness (QED) is 0.575. The fourth-order valence-corrected chi connectivity index (χ4v) is 3.33. The lowest BCUT2D eigenvalue weighted by molar-refractivity contribution is -0.141. The maximum absolute atomic E-state index is 11.4. The van der Waals surface area contributed by atoms with Crippen molar-refractivity contribution in [2.45, 2.75) is 0 Å². The number of carbonyl (C=O) groups excluding carboxylic acids is 1. The summed E-state index contributed by atoms with van der Waals surface area (Å²) in [6.07, 6.45) is 3.82. The largest absolute Gasteiger partial charge is 0.468 e. The van der Waals surface area contributed by atoms with E-state index in [1.807, 2.05) is 24.1 Å². The van der Waals surface area contributed by atoms with Crippen LogP contribution in [0.25, 0.3) is 16.9 Å². The minimum atomic E-state index is -0.235. The number of nitrogens with zero attached hydrogens (tertiary/aromatic N) is 1. The molecule has 26 heavy (non-hydrogen) atoms. The summed E-state index contributed by atoms with van der Waals surface area (Å²) in [5.74, 6) is 0.621. The Morgan fingerprint density at radius 1 is 1.19 bits per heavy atom. The lowest BCUT2D eigenvalue weighted by Crippen LogP contribution is -2.27. The lowest BCUT2D eigenvalue weighted by atomic mass is 9.98. The first-order valence-electron chi connectivity index (χ1n) is 8.30. The highest BCUT2D eigenvalue weighted by atomic mass is 32.1. The van der Waals surface area contributed by atoms with E-state index in [2.05, 4.69) is 47.2 Å². The highest BCUT2D eigenvalue weighted by Gasteiger charge is 2.09. The van der Waals surface area contributed by atoms with Crippen LogP contribution in [0, 0.1) is 0 Å². The summed E-state index contributed by atoms with van der Waals surface area (Å²) in [6, 6.07) is 14.3. The van der Waals surface area contributed by atoms with Gasteiger partial charge in [0.05, 0.1) is 19.9 Å². The second kappa shape index (κ2) is 8.65. The molecule has 1 aromatic carbocycles. The van der Waals surface area contributed by atoms with Gasteiger partial charge in [0.25, 0.3) is 0 Å². The van der Waals surface area contributed by atoms with Crippen molar-refractivity contribution in [2.75, 3.05) is 27.2 Å². The smallest absolute Gasteiger partial charge is 0.319 e. The monoisotopic (exact) mass is 367 g/mol. The van der Waals surface area contributed by atoms with Crippen molar-refractivity contribution in [1.29, 1.82) is 0 Å². The number of likely N-dealkylation sites (N-methyl/N-ethyl adjacent to an activating group) is 1. The zero-order chi connectivity index (χ0) is 18.4. The third-order valence-corrected chi connectivity index (χ3v) is 4.75. The molecule has 0 aliphatic rings. The van der Waals surface area contributed by atoms with Crippen molar-refractivity contribution in [1.82, 2.24) is 4.90 Å². The fraction of sp³-hybridized carbons (Fsp3) is 0.190. The van der Waals surface area contributed by atoms with Gasteiger partial charge in [-0.1, -0.05) is 30.3 Å². The Balaban J connectivity index is 1.82. The van der Waals surface area contributed by atoms with E-state index in [-0.39, 0.29) is 12.5 Å². The molecular formula is C21H21NO3S. The predicted molar refractivity (Wildman–Crippen MR) is 105 cm³/mol. The van der Waals surface area contributed by atoms with Crippen LogP contribution < -0.4 is 0 Å². The van der Waals surface area contributed by atoms with E-state index < -0.39 is 0 Å². The molecule has 2 heterocycles. The van der Waals surface area contributed by atoms with Crippen LogP contribution in [0.4, 0.5) is 0 Å². The van der Waals surface area contributed by atoms with Crippen molar-refractivity contribution in [2.24, 2.45) is 0 Å². The molecule has 0 amide bonds. The van der Waals surface area contributed by atoms with E-state index in [9.17, 15) is 4.79 Å². The molecule has 0 saturated heterocycles. The summed E-state index contributed by atoms with van der Waals surface area (Å²) >= 11 is 1.67. The summed E-state index contributed by atoms with van der Waals surface area (Å²) in [5.41, 5.74) is 4.50. The number of furan rings is 1. The summed E-state index contributed by atoms with van der Waals surface area (Å²) in [7, 11) is 3.31. The molecule has 0 spiro atoms. The van der Waals surface area contributed by atoms with Gasteiger partial charge < -0.3 is 9.15 Å². The van der Waals surface area contributed by atoms with Gasteiger partial charge >= 0.3 is 5.97 Å². The summed E-state index contributed by atoms with van der Waals surface area (Å²) in [5, 5.41) is 4.20. The molecular weight excluding hydrogens is 346 g/mol. The van der Waals surface area contributed by atoms with Crippen LogP contribution in [-0.4, -0.2) is 38.1 Å². The van der Waals surface area contributed by atoms with Gasteiger partial charge in [-0.25, -0.2) is 0 Å². The zero-order valence-electron chi connectivity index (χ0n) is 14.8. The number of carbonyl (C=O) groups is 1. The molecule has 3 aromatic rings. The highest BCUT2D eigenvalue weighted by Crippen LogP contribution is 2.28. The minimum absolute atomic E-state index is 0.235. The third kappa shape index (κ3) is 4.50. The van der Waals surface area contributed by atoms with Gasteiger partial charge in [-0.3, -0.25) is 9.69 Å². The van der Waals surface area contributed by atoms with Crippen LogP contribution in [-0.2, 0) is 9.53 Å². The van der Waals surface area contributed by atoms with E-state index in [1.165, 1.54) is 12.7 Å². The van der Waals surface area contributed by atoms with Crippen LogP contribution in [0.15, 0.2) is 70.0 Å². The fourth-order valence-electron chi connectivity index (χ4n) is 2.67. The maximum atomic E-state index is 11.4. The Labute approximate surface area is 157 Å². The summed E-state index contributed by atoms with van der Waals surface area (Å²) in [6.45, 7) is 0.918. The van der Waals surface area contributed by atoms with Crippen molar-refractivity contribution in [3.05, 3.63) is 76.7 Å². The molecule has 0 bridgehead atoms. The molecule has 0 aliphatic carbocycles. The van der Waals surface area contributed by atoms with Crippen LogP contribution in [0.2, 0.25) is 0 Å². The Hall–Kier alpha value is -2.63. The minimum Gasteiger partial charge on any atom is -0.468 e. The lowest BCUT2D eigenvalue weighted by Gasteiger charge is -2.14. The number of benzene rings is 1. The van der Waals surface area contributed by atoms with Gasteiger partial charge in [0.2, 0.25) is 0 Å². The Bertz CT molecular complexity index is 849. The molecule has 0 N–H and O–H groups in total. The highest BCUT2D eigenvalue weighted by molar-refractivity contribution is 7.08. The number of methoxy groups -OCH3 is 1. The molecule has 0 unspecified atom stereocenters. The number of rotatable bonds is 7. The number of ether oxygens (including phenoxy) is 1. The Morgan fingerprint density at radius 2 is 2.00 bits per heavy atom. The molecule has 0 atom stereocenters. The van der Waals surface area contributed by atoms with Gasteiger partial charge in [-0.2, -0.15) is 11.3 Å². The zero-order valence-corrected chi connectivity index (χ0v) is 15.7. The number of hydrogen-bond donors (Lipinski definition) is 0. The van der Waals surface area contributed by atoms with Gasteiger partial charge in [-0.15, -0.1) is 0 Å². The average molecular weight is 367 g/mol. The molecule has 5 heteroatoms. The molecule has 0 radical (unpaired) electrons. The third-order valence-electron chi connectivity index (χ3n) is 4.07. The molecule has 4 nitrogen and oxygen atoms in total. The second-order valence-electron chi connectivity index (χ2n) is 5.96. The van der Waals surface area contributed by atoms with Gasteiger partial charge in [0.15, 0.2) is 0 Å². The van der Waals surface area contributed by atoms with E-state index >= 15 is 0 Å². The number of hydrogen-bond acceptors (Lipinski definition) is 5. The van der Waals surface area contributed by atoms with E-state index in [1.54, 1.807) is 17.6 Å². The van der Waals surface area contributed by atoms with E-state index in [0.717, 1.165) is 22.5 Å². The molecule has 134 valence electrons. The van der Waals surface area contributed by atoms with Crippen molar-refractivity contribution >= 4 is 22.9 Å². The van der Waals surface area contributed by atoms with Gasteiger partial charge in [0.1, 0.15) is 5.76 Å². The maximum Gasteiger partial charge on any atom is 0.319 e. The molecule has 2 aromatic heterocycles. The first-order valence-corrected chi connectivity index (χ1v) is 9.24. The predicted octanol–water partition coefficient (Wildman–Crippen LogP) is 4.54. The first kappa shape index (κ1) is 18.2. The molecule has 3 rings (SSSR count). The van der Waals surface area contributed by atoms with Crippen molar-refractivity contribution in [3.63, 3.8) is 0 Å². The van der Waals surface area contributed by atoms with Gasteiger partial charge in [0, 0.05) is 12.1 Å². The summed E-state index contributed by atoms with van der Waals surface area (Å²) < 4.78 is 10.2. The number of thiophene rings is 1. The van der Waals surface area contributed by atoms with Gasteiger partial charge in [-0.05, 0) is 52.7 Å². The van der Waals surface area contributed by atoms with Crippen LogP contribution in [0.1, 0.15) is 11.1 Å². The Kier molecular flexibility index (Phi) is 6.04. The van der Waals surface area contributed by atoms with Crippen molar-refractivity contribution in [3.8, 4) is 11.3 Å². The van der Waals surface area contributed by atoms with Crippen molar-refractivity contribution < 1.29 is 13.9 Å². The van der Waals surface area contributed by atoms with E-state index in [4.69, 9.17) is 9.15 Å². The van der Waals surface area contributed by atoms with Crippen LogP contribution in [0.3, 0.4) is 0 Å². The molecule has 0 saturated carbocycles. The van der Waals surface area contributed by atoms with Crippen LogP contribution >= 0.6 is 11.3 Å². The Morgan fingerprint density at radius 3 is 2.62 bits per heavy atom. The molecule has 0 fully saturated rings. The average Bonchev–Trinajstić information content (AvgIpc) is 3.36. The summed E-state index contributed by atoms with van der Waals surface area (Å²) in [4.78, 5) is 13.3. The molecule has 0 aliphatic heterocycles. The standard InChI is InChI=1S/C21H21NO3S/c1-22(14-21(23)24-2)11-9-19(18-10-13-26-15-18)16-5-7-17(8-6-16)20-4-3-12-25-20/h3-10,12-13,15H,11,14H2,1-2H3. The number of esters is 1. The van der Waals surface area contributed by atoms with E-state index in [0.29, 0.717) is 6.54 Å².